The molecule has 0 saturated carbocycles. The van der Waals surface area contributed by atoms with E-state index < -0.39 is 23.6 Å². The molecule has 1 atom stereocenters. The normalized spacial score (nSPS) is 11.3. The number of carboxylic acid groups (broad SMARTS) is 1. The van der Waals surface area contributed by atoms with Gasteiger partial charge in [-0.1, -0.05) is 24.3 Å². The Kier molecular flexibility index (Phi) is 11.0. The van der Waals surface area contributed by atoms with Crippen molar-refractivity contribution in [2.45, 2.75) is 12.8 Å². The van der Waals surface area contributed by atoms with Crippen LogP contribution in [0.3, 0.4) is 0 Å². The molecule has 5 N–H and O–H groups in total. The number of nitrogens with two attached hydrogens (primary N) is 1. The largest absolute Gasteiger partial charge is 0.484 e. The monoisotopic (exact) mass is 613 g/mol. The standard InChI is InChI=1S/C34H32FN3O7/c1-21(34(42)43)25-8-15-29(30(35)18-25)22-2-9-26(10-3-22)38-32(40)20-45-28-13-6-24(7-14-28)33(41)23-4-11-27(12-5-23)44-19-31(39)37-17-16-36/h2-15,18,21H,16-17,19-20,36H2,1H3,(H,37,39)(H,38,40)(H,42,43). The zero-order chi connectivity index (χ0) is 32.3. The maximum Gasteiger partial charge on any atom is 0.310 e. The number of aliphatic carboxylic acids is 1. The molecule has 45 heavy (non-hydrogen) atoms. The third-order valence-corrected chi connectivity index (χ3v) is 6.78. The highest BCUT2D eigenvalue weighted by Gasteiger charge is 2.16. The van der Waals surface area contributed by atoms with Crippen molar-refractivity contribution in [3.8, 4) is 22.6 Å². The number of nitrogens with one attached hydrogen (secondary N) is 2. The molecule has 1 unspecified atom stereocenters. The summed E-state index contributed by atoms with van der Waals surface area (Å²) in [4.78, 5) is 48.1. The molecule has 2 amide bonds. The average Bonchev–Trinajstić information content (AvgIpc) is 3.05. The van der Waals surface area contributed by atoms with Crippen LogP contribution in [0.2, 0.25) is 0 Å². The lowest BCUT2D eigenvalue weighted by Crippen LogP contribution is -2.32. The van der Waals surface area contributed by atoms with Gasteiger partial charge >= 0.3 is 5.97 Å². The summed E-state index contributed by atoms with van der Waals surface area (Å²) in [7, 11) is 0. The van der Waals surface area contributed by atoms with Crippen molar-refractivity contribution in [3.63, 3.8) is 0 Å². The number of amides is 2. The van der Waals surface area contributed by atoms with E-state index in [4.69, 9.17) is 20.3 Å². The third kappa shape index (κ3) is 8.97. The molecule has 11 heteroatoms. The second kappa shape index (κ2) is 15.3. The first-order valence-corrected chi connectivity index (χ1v) is 14.0. The number of benzene rings is 4. The molecule has 0 aliphatic rings. The van der Waals surface area contributed by atoms with Gasteiger partial charge in [0.05, 0.1) is 5.92 Å². The molecule has 0 fully saturated rings. The number of carboxylic acids is 1. The molecule has 0 aliphatic heterocycles. The summed E-state index contributed by atoms with van der Waals surface area (Å²) in [6.45, 7) is 1.75. The van der Waals surface area contributed by atoms with Gasteiger partial charge in [0.1, 0.15) is 17.3 Å². The van der Waals surface area contributed by atoms with Crippen LogP contribution in [0.25, 0.3) is 11.1 Å². The zero-order valence-corrected chi connectivity index (χ0v) is 24.4. The minimum Gasteiger partial charge on any atom is -0.484 e. The molecule has 0 saturated heterocycles. The Morgan fingerprint density at radius 1 is 0.800 bits per heavy atom. The van der Waals surface area contributed by atoms with Gasteiger partial charge in [0.15, 0.2) is 19.0 Å². The van der Waals surface area contributed by atoms with E-state index in [0.29, 0.717) is 58.1 Å². The summed E-state index contributed by atoms with van der Waals surface area (Å²) >= 11 is 0. The van der Waals surface area contributed by atoms with E-state index in [1.165, 1.54) is 19.1 Å². The number of carbonyl (C=O) groups is 4. The lowest BCUT2D eigenvalue weighted by molar-refractivity contribution is -0.138. The van der Waals surface area contributed by atoms with E-state index in [1.54, 1.807) is 78.9 Å². The average molecular weight is 614 g/mol. The highest BCUT2D eigenvalue weighted by Crippen LogP contribution is 2.27. The number of hydrogen-bond donors (Lipinski definition) is 4. The van der Waals surface area contributed by atoms with Crippen LogP contribution >= 0.6 is 0 Å². The fourth-order valence-corrected chi connectivity index (χ4v) is 4.24. The van der Waals surface area contributed by atoms with E-state index >= 15 is 0 Å². The first-order chi connectivity index (χ1) is 21.6. The van der Waals surface area contributed by atoms with Gasteiger partial charge in [-0.15, -0.1) is 0 Å². The zero-order valence-electron chi connectivity index (χ0n) is 24.4. The second-order valence-electron chi connectivity index (χ2n) is 10.0. The van der Waals surface area contributed by atoms with Crippen molar-refractivity contribution < 1.29 is 38.1 Å². The lowest BCUT2D eigenvalue weighted by atomic mass is 9.97. The predicted molar refractivity (Wildman–Crippen MR) is 166 cm³/mol. The Hall–Kier alpha value is -5.55. The van der Waals surface area contributed by atoms with Crippen LogP contribution in [0.4, 0.5) is 10.1 Å². The second-order valence-corrected chi connectivity index (χ2v) is 10.0. The van der Waals surface area contributed by atoms with E-state index in [0.717, 1.165) is 0 Å². The Balaban J connectivity index is 1.26. The maximum atomic E-state index is 14.7. The van der Waals surface area contributed by atoms with Gasteiger partial charge in [-0.3, -0.25) is 19.2 Å². The van der Waals surface area contributed by atoms with E-state index in [2.05, 4.69) is 10.6 Å². The Morgan fingerprint density at radius 3 is 1.87 bits per heavy atom. The fraction of sp³-hybridized carbons (Fsp3) is 0.176. The fourth-order valence-electron chi connectivity index (χ4n) is 4.24. The van der Waals surface area contributed by atoms with Crippen LogP contribution in [0.1, 0.15) is 34.3 Å². The molecular formula is C34H32FN3O7. The van der Waals surface area contributed by atoms with Gasteiger partial charge in [-0.2, -0.15) is 0 Å². The van der Waals surface area contributed by atoms with Crippen molar-refractivity contribution in [1.29, 1.82) is 0 Å². The summed E-state index contributed by atoms with van der Waals surface area (Å²) in [5.41, 5.74) is 7.93. The SMILES string of the molecule is CC(C(=O)O)c1ccc(-c2ccc(NC(=O)COc3ccc(C(=O)c4ccc(OCC(=O)NCCN)cc4)cc3)cc2)c(F)c1. The highest BCUT2D eigenvalue weighted by atomic mass is 19.1. The molecule has 4 rings (SSSR count). The molecule has 4 aromatic carbocycles. The predicted octanol–water partition coefficient (Wildman–Crippen LogP) is 4.38. The van der Waals surface area contributed by atoms with Gasteiger partial charge in [0.2, 0.25) is 0 Å². The Morgan fingerprint density at radius 2 is 1.36 bits per heavy atom. The molecular weight excluding hydrogens is 581 g/mol. The number of ether oxygens (including phenoxy) is 2. The third-order valence-electron chi connectivity index (χ3n) is 6.78. The molecule has 0 heterocycles. The van der Waals surface area contributed by atoms with Crippen LogP contribution in [0.15, 0.2) is 91.0 Å². The Labute approximate surface area is 259 Å². The van der Waals surface area contributed by atoms with Crippen LogP contribution in [-0.2, 0) is 14.4 Å². The molecule has 0 aliphatic carbocycles. The van der Waals surface area contributed by atoms with Crippen molar-refractivity contribution in [1.82, 2.24) is 5.32 Å². The van der Waals surface area contributed by atoms with Crippen molar-refractivity contribution >= 4 is 29.3 Å². The maximum absolute atomic E-state index is 14.7. The highest BCUT2D eigenvalue weighted by molar-refractivity contribution is 6.09. The van der Waals surface area contributed by atoms with Gasteiger partial charge < -0.3 is 30.9 Å². The van der Waals surface area contributed by atoms with Crippen LogP contribution in [-0.4, -0.2) is 55.0 Å². The number of rotatable bonds is 14. The first-order valence-electron chi connectivity index (χ1n) is 14.0. The van der Waals surface area contributed by atoms with Gasteiger partial charge in [0.25, 0.3) is 11.8 Å². The number of anilines is 1. The summed E-state index contributed by atoms with van der Waals surface area (Å²) in [5, 5.41) is 14.5. The molecule has 10 nitrogen and oxygen atoms in total. The van der Waals surface area contributed by atoms with E-state index in [9.17, 15) is 23.6 Å². The summed E-state index contributed by atoms with van der Waals surface area (Å²) in [6.07, 6.45) is 0. The summed E-state index contributed by atoms with van der Waals surface area (Å²) < 4.78 is 25.6. The van der Waals surface area contributed by atoms with Crippen molar-refractivity contribution in [3.05, 3.63) is 114 Å². The number of halogens is 1. The summed E-state index contributed by atoms with van der Waals surface area (Å²) in [5.74, 6) is -2.49. The molecule has 232 valence electrons. The first kappa shape index (κ1) is 32.4. The number of carbonyl (C=O) groups excluding carboxylic acids is 3. The van der Waals surface area contributed by atoms with Crippen molar-refractivity contribution in [2.24, 2.45) is 5.73 Å². The minimum absolute atomic E-state index is 0.159. The van der Waals surface area contributed by atoms with Crippen LogP contribution in [0.5, 0.6) is 11.5 Å². The lowest BCUT2D eigenvalue weighted by Gasteiger charge is -2.11. The smallest absolute Gasteiger partial charge is 0.310 e. The Bertz CT molecular complexity index is 1660. The van der Waals surface area contributed by atoms with E-state index in [1.807, 2.05) is 0 Å². The van der Waals surface area contributed by atoms with Crippen LogP contribution in [0, 0.1) is 5.82 Å². The summed E-state index contributed by atoms with van der Waals surface area (Å²) in [6, 6.07) is 23.6. The molecule has 0 aromatic heterocycles. The van der Waals surface area contributed by atoms with Gasteiger partial charge in [-0.05, 0) is 84.8 Å². The molecule has 0 spiro atoms. The molecule has 4 aromatic rings. The quantitative estimate of drug-likeness (QED) is 0.153. The number of ketones is 1. The number of hydrogen-bond acceptors (Lipinski definition) is 7. The van der Waals surface area contributed by atoms with Gasteiger partial charge in [-0.25, -0.2) is 4.39 Å². The molecule has 0 bridgehead atoms. The van der Waals surface area contributed by atoms with Crippen molar-refractivity contribution in [2.75, 3.05) is 31.6 Å². The van der Waals surface area contributed by atoms with Crippen LogP contribution < -0.4 is 25.8 Å². The topological polar surface area (TPSA) is 157 Å². The molecule has 0 radical (unpaired) electrons. The minimum atomic E-state index is -1.03. The van der Waals surface area contributed by atoms with Gasteiger partial charge in [0, 0.05) is 35.5 Å². The van der Waals surface area contributed by atoms with E-state index in [-0.39, 0.29) is 24.9 Å².